The van der Waals surface area contributed by atoms with Crippen molar-refractivity contribution in [3.05, 3.63) is 59.2 Å². The zero-order valence-electron chi connectivity index (χ0n) is 8.85. The molecule has 0 saturated carbocycles. The zero-order valence-corrected chi connectivity index (χ0v) is 8.85. The maximum absolute atomic E-state index is 13.5. The van der Waals surface area contributed by atoms with Crippen LogP contribution < -0.4 is 0 Å². The standard InChI is InChI=1S/C13H5F4N/c14-10-3-1-2-8(13(10)17)9-5-12(16)11(15)4-7(9)6-18/h1-5H. The fraction of sp³-hybridized carbons (Fsp3) is 0. The van der Waals surface area contributed by atoms with Crippen molar-refractivity contribution in [2.75, 3.05) is 0 Å². The summed E-state index contributed by atoms with van der Waals surface area (Å²) in [6, 6.07) is 6.23. The molecule has 0 saturated heterocycles. The van der Waals surface area contributed by atoms with Crippen molar-refractivity contribution in [1.82, 2.24) is 0 Å². The van der Waals surface area contributed by atoms with Gasteiger partial charge in [-0.3, -0.25) is 0 Å². The molecule has 0 amide bonds. The van der Waals surface area contributed by atoms with Gasteiger partial charge in [0, 0.05) is 11.1 Å². The minimum atomic E-state index is -1.23. The average molecular weight is 251 g/mol. The Bertz CT molecular complexity index is 659. The van der Waals surface area contributed by atoms with E-state index < -0.39 is 23.3 Å². The highest BCUT2D eigenvalue weighted by atomic mass is 19.2. The predicted octanol–water partition coefficient (Wildman–Crippen LogP) is 3.78. The van der Waals surface area contributed by atoms with Crippen molar-refractivity contribution < 1.29 is 17.6 Å². The smallest absolute Gasteiger partial charge is 0.166 e. The highest BCUT2D eigenvalue weighted by Crippen LogP contribution is 2.29. The van der Waals surface area contributed by atoms with E-state index in [1.54, 1.807) is 6.07 Å². The first-order chi connectivity index (χ1) is 8.54. The predicted molar refractivity (Wildman–Crippen MR) is 56.4 cm³/mol. The first kappa shape index (κ1) is 12.1. The van der Waals surface area contributed by atoms with Gasteiger partial charge in [0.25, 0.3) is 0 Å². The number of benzene rings is 2. The third kappa shape index (κ3) is 1.93. The van der Waals surface area contributed by atoms with Crippen LogP contribution in [0.1, 0.15) is 5.56 Å². The Balaban J connectivity index is 2.75. The van der Waals surface area contributed by atoms with E-state index in [4.69, 9.17) is 5.26 Å². The Labute approximate surface area is 99.9 Å². The Morgan fingerprint density at radius 3 is 2.17 bits per heavy atom. The number of nitriles is 1. The van der Waals surface area contributed by atoms with Crippen LogP contribution in [-0.2, 0) is 0 Å². The van der Waals surface area contributed by atoms with Gasteiger partial charge in [-0.15, -0.1) is 0 Å². The van der Waals surface area contributed by atoms with Crippen LogP contribution in [0.5, 0.6) is 0 Å². The molecule has 0 aliphatic heterocycles. The van der Waals surface area contributed by atoms with Gasteiger partial charge in [-0.1, -0.05) is 12.1 Å². The van der Waals surface area contributed by atoms with Gasteiger partial charge in [0.15, 0.2) is 23.3 Å². The summed E-state index contributed by atoms with van der Waals surface area (Å²) in [4.78, 5) is 0. The van der Waals surface area contributed by atoms with E-state index >= 15 is 0 Å². The molecule has 1 nitrogen and oxygen atoms in total. The van der Waals surface area contributed by atoms with Crippen molar-refractivity contribution in [1.29, 1.82) is 5.26 Å². The molecule has 2 rings (SSSR count). The zero-order chi connectivity index (χ0) is 13.3. The monoisotopic (exact) mass is 251 g/mol. The summed E-state index contributed by atoms with van der Waals surface area (Å²) in [5.41, 5.74) is -0.739. The molecule has 0 heterocycles. The quantitative estimate of drug-likeness (QED) is 0.707. The van der Waals surface area contributed by atoms with Crippen molar-refractivity contribution in [3.8, 4) is 17.2 Å². The first-order valence-corrected chi connectivity index (χ1v) is 4.88. The molecule has 0 aliphatic rings. The summed E-state index contributed by atoms with van der Waals surface area (Å²) in [5, 5.41) is 8.80. The Hall–Kier alpha value is -2.35. The van der Waals surface area contributed by atoms with Gasteiger partial charge in [-0.25, -0.2) is 17.6 Å². The molecule has 0 spiro atoms. The van der Waals surface area contributed by atoms with Crippen LogP contribution in [0.15, 0.2) is 30.3 Å². The molecule has 2 aromatic rings. The van der Waals surface area contributed by atoms with Gasteiger partial charge in [-0.2, -0.15) is 5.26 Å². The molecule has 18 heavy (non-hydrogen) atoms. The number of hydrogen-bond acceptors (Lipinski definition) is 1. The lowest BCUT2D eigenvalue weighted by molar-refractivity contribution is 0.505. The summed E-state index contributed by atoms with van der Waals surface area (Å²) in [7, 11) is 0. The Morgan fingerprint density at radius 2 is 1.50 bits per heavy atom. The molecule has 5 heteroatoms. The van der Waals surface area contributed by atoms with E-state index in [2.05, 4.69) is 0 Å². The fourth-order valence-electron chi connectivity index (χ4n) is 1.57. The largest absolute Gasteiger partial charge is 0.204 e. The van der Waals surface area contributed by atoms with Gasteiger partial charge in [0.2, 0.25) is 0 Å². The maximum atomic E-state index is 13.5. The highest BCUT2D eigenvalue weighted by molar-refractivity contribution is 5.71. The SMILES string of the molecule is N#Cc1cc(F)c(F)cc1-c1cccc(F)c1F. The molecular weight excluding hydrogens is 246 g/mol. The second kappa shape index (κ2) is 4.49. The van der Waals surface area contributed by atoms with Crippen LogP contribution in [0, 0.1) is 34.6 Å². The highest BCUT2D eigenvalue weighted by Gasteiger charge is 2.16. The molecule has 0 unspecified atom stereocenters. The van der Waals surface area contributed by atoms with Crippen LogP contribution in [-0.4, -0.2) is 0 Å². The number of halogens is 4. The lowest BCUT2D eigenvalue weighted by Crippen LogP contribution is -1.95. The number of nitrogens with zero attached hydrogens (tertiary/aromatic N) is 1. The molecule has 0 bridgehead atoms. The normalized spacial score (nSPS) is 10.2. The maximum Gasteiger partial charge on any atom is 0.166 e. The third-order valence-corrected chi connectivity index (χ3v) is 2.42. The molecular formula is C13H5F4N. The van der Waals surface area contributed by atoms with Crippen LogP contribution in [0.2, 0.25) is 0 Å². The number of hydrogen-bond donors (Lipinski definition) is 0. The topological polar surface area (TPSA) is 23.8 Å². The van der Waals surface area contributed by atoms with E-state index in [1.165, 1.54) is 12.1 Å². The molecule has 0 aromatic heterocycles. The lowest BCUT2D eigenvalue weighted by Gasteiger charge is -2.07. The molecule has 0 fully saturated rings. The minimum absolute atomic E-state index is 0.187. The van der Waals surface area contributed by atoms with Gasteiger partial charge in [-0.05, 0) is 18.2 Å². The molecule has 0 aliphatic carbocycles. The first-order valence-electron chi connectivity index (χ1n) is 4.88. The Morgan fingerprint density at radius 1 is 0.833 bits per heavy atom. The van der Waals surface area contributed by atoms with Crippen LogP contribution in [0.4, 0.5) is 17.6 Å². The van der Waals surface area contributed by atoms with E-state index in [0.29, 0.717) is 12.1 Å². The van der Waals surface area contributed by atoms with Crippen LogP contribution in [0.25, 0.3) is 11.1 Å². The molecule has 90 valence electrons. The van der Waals surface area contributed by atoms with Gasteiger partial charge in [0.05, 0.1) is 11.6 Å². The summed E-state index contributed by atoms with van der Waals surface area (Å²) >= 11 is 0. The molecule has 2 aromatic carbocycles. The summed E-state index contributed by atoms with van der Waals surface area (Å²) in [6.07, 6.45) is 0. The second-order valence-electron chi connectivity index (χ2n) is 3.53. The van der Waals surface area contributed by atoms with Gasteiger partial charge < -0.3 is 0 Å². The van der Waals surface area contributed by atoms with Crippen molar-refractivity contribution in [2.45, 2.75) is 0 Å². The van der Waals surface area contributed by atoms with E-state index in [1.807, 2.05) is 0 Å². The van der Waals surface area contributed by atoms with Crippen LogP contribution >= 0.6 is 0 Å². The Kier molecular flexibility index (Phi) is 3.02. The summed E-state index contributed by atoms with van der Waals surface area (Å²) in [5.74, 6) is -4.78. The van der Waals surface area contributed by atoms with Crippen molar-refractivity contribution in [2.24, 2.45) is 0 Å². The summed E-state index contributed by atoms with van der Waals surface area (Å²) < 4.78 is 52.7. The molecule has 0 atom stereocenters. The lowest BCUT2D eigenvalue weighted by atomic mass is 9.99. The average Bonchev–Trinajstić information content (AvgIpc) is 2.36. The van der Waals surface area contributed by atoms with Gasteiger partial charge >= 0.3 is 0 Å². The second-order valence-corrected chi connectivity index (χ2v) is 3.53. The number of rotatable bonds is 1. The minimum Gasteiger partial charge on any atom is -0.204 e. The van der Waals surface area contributed by atoms with Crippen molar-refractivity contribution >= 4 is 0 Å². The molecule has 0 N–H and O–H groups in total. The third-order valence-electron chi connectivity index (χ3n) is 2.42. The van der Waals surface area contributed by atoms with E-state index in [-0.39, 0.29) is 16.7 Å². The van der Waals surface area contributed by atoms with E-state index in [0.717, 1.165) is 6.07 Å². The van der Waals surface area contributed by atoms with Crippen LogP contribution in [0.3, 0.4) is 0 Å². The van der Waals surface area contributed by atoms with Gasteiger partial charge in [0.1, 0.15) is 0 Å². The summed E-state index contributed by atoms with van der Waals surface area (Å²) in [6.45, 7) is 0. The van der Waals surface area contributed by atoms with Crippen molar-refractivity contribution in [3.63, 3.8) is 0 Å². The molecule has 0 radical (unpaired) electrons. The fourth-order valence-corrected chi connectivity index (χ4v) is 1.57. The van der Waals surface area contributed by atoms with E-state index in [9.17, 15) is 17.6 Å².